The van der Waals surface area contributed by atoms with Crippen LogP contribution in [-0.4, -0.2) is 48.2 Å². The van der Waals surface area contributed by atoms with Crippen LogP contribution in [0.1, 0.15) is 0 Å². The number of rotatable bonds is 3. The SMILES string of the molecule is N#CCNC(=O)CN1CC(O)C1. The van der Waals surface area contributed by atoms with E-state index in [1.54, 1.807) is 0 Å². The first-order chi connectivity index (χ1) is 5.72. The molecule has 0 aromatic heterocycles. The maximum Gasteiger partial charge on any atom is 0.235 e. The zero-order valence-electron chi connectivity index (χ0n) is 6.66. The van der Waals surface area contributed by atoms with E-state index in [0.29, 0.717) is 13.1 Å². The Morgan fingerprint density at radius 1 is 1.75 bits per heavy atom. The minimum atomic E-state index is -0.284. The van der Waals surface area contributed by atoms with Gasteiger partial charge in [-0.1, -0.05) is 0 Å². The second-order valence-corrected chi connectivity index (χ2v) is 2.78. The van der Waals surface area contributed by atoms with Crippen molar-refractivity contribution in [1.29, 1.82) is 5.26 Å². The lowest BCUT2D eigenvalue weighted by atomic mass is 10.2. The Balaban J connectivity index is 2.07. The Labute approximate surface area is 70.6 Å². The van der Waals surface area contributed by atoms with E-state index in [1.165, 1.54) is 0 Å². The van der Waals surface area contributed by atoms with Gasteiger partial charge in [-0.05, 0) is 0 Å². The van der Waals surface area contributed by atoms with Gasteiger partial charge in [0.05, 0.1) is 18.7 Å². The lowest BCUT2D eigenvalue weighted by molar-refractivity contribution is -0.124. The molecule has 0 atom stereocenters. The first kappa shape index (κ1) is 8.97. The number of hydrogen-bond donors (Lipinski definition) is 2. The first-order valence-electron chi connectivity index (χ1n) is 3.76. The molecule has 12 heavy (non-hydrogen) atoms. The van der Waals surface area contributed by atoms with Crippen LogP contribution >= 0.6 is 0 Å². The predicted molar refractivity (Wildman–Crippen MR) is 41.1 cm³/mol. The fourth-order valence-corrected chi connectivity index (χ4v) is 1.07. The number of carbonyl (C=O) groups is 1. The molecule has 0 saturated carbocycles. The van der Waals surface area contributed by atoms with Gasteiger partial charge < -0.3 is 10.4 Å². The quantitative estimate of drug-likeness (QED) is 0.494. The number of amides is 1. The summed E-state index contributed by atoms with van der Waals surface area (Å²) in [6, 6.07) is 1.82. The van der Waals surface area contributed by atoms with Gasteiger partial charge in [-0.15, -0.1) is 0 Å². The third kappa shape index (κ3) is 2.49. The minimum Gasteiger partial charge on any atom is -0.390 e. The van der Waals surface area contributed by atoms with E-state index in [9.17, 15) is 4.79 Å². The van der Waals surface area contributed by atoms with Gasteiger partial charge in [0.25, 0.3) is 0 Å². The minimum absolute atomic E-state index is 0.0508. The molecule has 1 rings (SSSR count). The van der Waals surface area contributed by atoms with Gasteiger partial charge in [0, 0.05) is 13.1 Å². The Morgan fingerprint density at radius 3 is 2.92 bits per heavy atom. The van der Waals surface area contributed by atoms with E-state index in [1.807, 2.05) is 11.0 Å². The van der Waals surface area contributed by atoms with Crippen molar-refractivity contribution in [1.82, 2.24) is 10.2 Å². The molecule has 0 bridgehead atoms. The molecule has 1 aliphatic heterocycles. The summed E-state index contributed by atoms with van der Waals surface area (Å²) >= 11 is 0. The summed E-state index contributed by atoms with van der Waals surface area (Å²) in [7, 11) is 0. The normalized spacial score (nSPS) is 18.0. The molecular formula is C7H11N3O2. The van der Waals surface area contributed by atoms with E-state index in [-0.39, 0.29) is 25.1 Å². The summed E-state index contributed by atoms with van der Waals surface area (Å²) in [5, 5.41) is 19.4. The van der Waals surface area contributed by atoms with Gasteiger partial charge in [-0.3, -0.25) is 9.69 Å². The summed E-state index contributed by atoms with van der Waals surface area (Å²) < 4.78 is 0. The molecule has 0 radical (unpaired) electrons. The van der Waals surface area contributed by atoms with Crippen LogP contribution in [-0.2, 0) is 4.79 Å². The van der Waals surface area contributed by atoms with Gasteiger partial charge in [0.2, 0.25) is 5.91 Å². The molecule has 1 aliphatic rings. The predicted octanol–water partition coefficient (Wildman–Crippen LogP) is -1.70. The zero-order chi connectivity index (χ0) is 8.97. The molecule has 0 spiro atoms. The smallest absolute Gasteiger partial charge is 0.235 e. The van der Waals surface area contributed by atoms with Gasteiger partial charge >= 0.3 is 0 Å². The van der Waals surface area contributed by atoms with Crippen molar-refractivity contribution in [2.24, 2.45) is 0 Å². The average molecular weight is 169 g/mol. The lowest BCUT2D eigenvalue weighted by Gasteiger charge is -2.34. The highest BCUT2D eigenvalue weighted by Crippen LogP contribution is 2.05. The average Bonchev–Trinajstić information content (AvgIpc) is 1.98. The molecule has 1 heterocycles. The number of likely N-dealkylation sites (tertiary alicyclic amines) is 1. The van der Waals surface area contributed by atoms with Crippen molar-refractivity contribution in [3.63, 3.8) is 0 Å². The highest BCUT2D eigenvalue weighted by Gasteiger charge is 2.25. The van der Waals surface area contributed by atoms with E-state index >= 15 is 0 Å². The number of carbonyl (C=O) groups excluding carboxylic acids is 1. The van der Waals surface area contributed by atoms with Gasteiger partial charge in [0.15, 0.2) is 0 Å². The highest BCUT2D eigenvalue weighted by atomic mass is 16.3. The van der Waals surface area contributed by atoms with E-state index in [4.69, 9.17) is 10.4 Å². The van der Waals surface area contributed by atoms with Crippen LogP contribution in [0.3, 0.4) is 0 Å². The molecule has 0 unspecified atom stereocenters. The fourth-order valence-electron chi connectivity index (χ4n) is 1.07. The van der Waals surface area contributed by atoms with E-state index in [2.05, 4.69) is 5.32 Å². The van der Waals surface area contributed by atoms with Crippen LogP contribution in [0.2, 0.25) is 0 Å². The van der Waals surface area contributed by atoms with Crippen molar-refractivity contribution in [3.05, 3.63) is 0 Å². The third-order valence-electron chi connectivity index (χ3n) is 1.67. The Morgan fingerprint density at radius 2 is 2.42 bits per heavy atom. The van der Waals surface area contributed by atoms with Gasteiger partial charge in [-0.2, -0.15) is 5.26 Å². The molecule has 2 N–H and O–H groups in total. The molecule has 5 nitrogen and oxygen atoms in total. The van der Waals surface area contributed by atoms with Crippen molar-refractivity contribution >= 4 is 5.91 Å². The molecule has 0 aromatic carbocycles. The molecule has 1 amide bonds. The fraction of sp³-hybridized carbons (Fsp3) is 0.714. The summed E-state index contributed by atoms with van der Waals surface area (Å²) in [4.78, 5) is 12.7. The second-order valence-electron chi connectivity index (χ2n) is 2.78. The van der Waals surface area contributed by atoms with Crippen LogP contribution in [0.4, 0.5) is 0 Å². The molecule has 66 valence electrons. The molecule has 0 aromatic rings. The molecule has 0 aliphatic carbocycles. The van der Waals surface area contributed by atoms with E-state index < -0.39 is 0 Å². The highest BCUT2D eigenvalue weighted by molar-refractivity contribution is 5.78. The van der Waals surface area contributed by atoms with Crippen molar-refractivity contribution < 1.29 is 9.90 Å². The van der Waals surface area contributed by atoms with Crippen LogP contribution < -0.4 is 5.32 Å². The van der Waals surface area contributed by atoms with Crippen molar-refractivity contribution in [2.45, 2.75) is 6.10 Å². The van der Waals surface area contributed by atoms with Crippen molar-refractivity contribution in [2.75, 3.05) is 26.2 Å². The number of nitrogens with one attached hydrogen (secondary N) is 1. The standard InChI is InChI=1S/C7H11N3O2/c8-1-2-9-7(12)5-10-3-6(11)4-10/h6,11H,2-5H2,(H,9,12). The summed E-state index contributed by atoms with van der Waals surface area (Å²) in [6.45, 7) is 1.44. The molecule has 1 saturated heterocycles. The maximum absolute atomic E-state index is 10.9. The molecular weight excluding hydrogens is 158 g/mol. The van der Waals surface area contributed by atoms with Gasteiger partial charge in [0.1, 0.15) is 6.54 Å². The summed E-state index contributed by atoms with van der Waals surface area (Å²) in [5.74, 6) is -0.163. The Hall–Kier alpha value is -1.12. The van der Waals surface area contributed by atoms with Crippen LogP contribution in [0.5, 0.6) is 0 Å². The number of aliphatic hydroxyl groups excluding tert-OH is 1. The topological polar surface area (TPSA) is 76.4 Å². The van der Waals surface area contributed by atoms with Crippen molar-refractivity contribution in [3.8, 4) is 6.07 Å². The summed E-state index contributed by atoms with van der Waals surface area (Å²) in [6.07, 6.45) is -0.284. The lowest BCUT2D eigenvalue weighted by Crippen LogP contribution is -2.53. The second kappa shape index (κ2) is 4.04. The largest absolute Gasteiger partial charge is 0.390 e. The maximum atomic E-state index is 10.9. The number of nitriles is 1. The molecule has 1 fully saturated rings. The van der Waals surface area contributed by atoms with Gasteiger partial charge in [-0.25, -0.2) is 0 Å². The third-order valence-corrected chi connectivity index (χ3v) is 1.67. The monoisotopic (exact) mass is 169 g/mol. The van der Waals surface area contributed by atoms with Crippen LogP contribution in [0, 0.1) is 11.3 Å². The van der Waals surface area contributed by atoms with Crippen LogP contribution in [0.25, 0.3) is 0 Å². The van der Waals surface area contributed by atoms with Crippen LogP contribution in [0.15, 0.2) is 0 Å². The number of β-amino-alcohol motifs (C(OH)–C–C–N with tert-alkyl or cyclic N) is 1. The van der Waals surface area contributed by atoms with E-state index in [0.717, 1.165) is 0 Å². The number of aliphatic hydroxyl groups is 1. The zero-order valence-corrected chi connectivity index (χ0v) is 6.66. The summed E-state index contributed by atoms with van der Waals surface area (Å²) in [5.41, 5.74) is 0. The molecule has 5 heteroatoms. The Bertz CT molecular complexity index is 205. The Kier molecular flexibility index (Phi) is 3.02. The first-order valence-corrected chi connectivity index (χ1v) is 3.76. The number of nitrogens with zero attached hydrogens (tertiary/aromatic N) is 2. The number of hydrogen-bond acceptors (Lipinski definition) is 4.